The first-order valence-electron chi connectivity index (χ1n) is 14.0. The predicted molar refractivity (Wildman–Crippen MR) is 159 cm³/mol. The highest BCUT2D eigenvalue weighted by Gasteiger charge is 2.36. The van der Waals surface area contributed by atoms with E-state index in [9.17, 15) is 4.79 Å². The minimum atomic E-state index is 0.00386. The Labute approximate surface area is 236 Å². The van der Waals surface area contributed by atoms with Crippen molar-refractivity contribution in [2.75, 3.05) is 31.8 Å². The SMILES string of the molecule is C=CCc1ccc(OCCCCn2c(C3CC(=O)N(c4ccccc4OCC)C3)nc3ccccc32)c(OC)c1. The zero-order valence-electron chi connectivity index (χ0n) is 23.3. The smallest absolute Gasteiger partial charge is 0.227 e. The molecule has 0 aliphatic carbocycles. The van der Waals surface area contributed by atoms with Gasteiger partial charge in [0.05, 0.1) is 37.0 Å². The summed E-state index contributed by atoms with van der Waals surface area (Å²) in [5.74, 6) is 3.29. The maximum atomic E-state index is 13.2. The van der Waals surface area contributed by atoms with E-state index in [1.807, 2.05) is 78.6 Å². The molecular weight excluding hydrogens is 502 g/mol. The molecule has 0 spiro atoms. The lowest BCUT2D eigenvalue weighted by Gasteiger charge is -2.20. The van der Waals surface area contributed by atoms with Gasteiger partial charge in [-0.15, -0.1) is 6.58 Å². The molecule has 1 aromatic heterocycles. The first-order chi connectivity index (χ1) is 19.6. The Morgan fingerprint density at radius 1 is 1.00 bits per heavy atom. The number of carbonyl (C=O) groups is 1. The van der Waals surface area contributed by atoms with Crippen LogP contribution in [0.2, 0.25) is 0 Å². The van der Waals surface area contributed by atoms with Crippen molar-refractivity contribution in [1.82, 2.24) is 9.55 Å². The first kappa shape index (κ1) is 27.3. The first-order valence-corrected chi connectivity index (χ1v) is 14.0. The van der Waals surface area contributed by atoms with E-state index in [-0.39, 0.29) is 11.8 Å². The van der Waals surface area contributed by atoms with E-state index in [1.54, 1.807) is 7.11 Å². The van der Waals surface area contributed by atoms with Crippen LogP contribution in [0, 0.1) is 0 Å². The third-order valence-electron chi connectivity index (χ3n) is 7.27. The normalized spacial score (nSPS) is 15.0. The molecule has 3 aromatic carbocycles. The van der Waals surface area contributed by atoms with Gasteiger partial charge in [-0.1, -0.05) is 36.4 Å². The zero-order valence-corrected chi connectivity index (χ0v) is 23.3. The quantitative estimate of drug-likeness (QED) is 0.142. The van der Waals surface area contributed by atoms with Gasteiger partial charge in [-0.25, -0.2) is 4.98 Å². The van der Waals surface area contributed by atoms with Crippen LogP contribution in [0.5, 0.6) is 17.2 Å². The van der Waals surface area contributed by atoms with Gasteiger partial charge in [0.25, 0.3) is 0 Å². The largest absolute Gasteiger partial charge is 0.493 e. The number of rotatable bonds is 13. The van der Waals surface area contributed by atoms with Crippen LogP contribution in [0.1, 0.15) is 43.5 Å². The van der Waals surface area contributed by atoms with Crippen molar-refractivity contribution in [2.45, 2.75) is 45.1 Å². The van der Waals surface area contributed by atoms with Crippen LogP contribution in [-0.4, -0.2) is 42.3 Å². The van der Waals surface area contributed by atoms with Crippen molar-refractivity contribution in [3.05, 3.63) is 90.8 Å². The van der Waals surface area contributed by atoms with E-state index in [0.29, 0.717) is 26.2 Å². The maximum Gasteiger partial charge on any atom is 0.227 e. The fourth-order valence-corrected chi connectivity index (χ4v) is 5.39. The van der Waals surface area contributed by atoms with Crippen LogP contribution in [0.15, 0.2) is 79.4 Å². The third kappa shape index (κ3) is 5.83. The minimum absolute atomic E-state index is 0.00386. The van der Waals surface area contributed by atoms with E-state index in [1.165, 1.54) is 0 Å². The summed E-state index contributed by atoms with van der Waals surface area (Å²) < 4.78 is 19.7. The summed E-state index contributed by atoms with van der Waals surface area (Å²) >= 11 is 0. The molecule has 4 aromatic rings. The number of aryl methyl sites for hydroxylation is 1. The second-order valence-electron chi connectivity index (χ2n) is 9.95. The Morgan fingerprint density at radius 3 is 2.65 bits per heavy atom. The number of unbranched alkanes of at least 4 members (excludes halogenated alkanes) is 1. The fourth-order valence-electron chi connectivity index (χ4n) is 5.39. The summed E-state index contributed by atoms with van der Waals surface area (Å²) in [6, 6.07) is 22.0. The molecule has 40 heavy (non-hydrogen) atoms. The highest BCUT2D eigenvalue weighted by molar-refractivity contribution is 5.97. The van der Waals surface area contributed by atoms with E-state index in [0.717, 1.165) is 71.2 Å². The standard InChI is InChI=1S/C33H37N3O4/c1-4-12-24-17-18-30(31(21-24)38-3)40-20-11-10-19-35-27-14-7-6-13-26(27)34-33(35)25-22-32(37)36(23-25)28-15-8-9-16-29(28)39-5-2/h4,6-9,13-18,21,25H,1,5,10-12,19-20,22-23H2,2-3H3. The molecule has 1 aliphatic heterocycles. The summed E-state index contributed by atoms with van der Waals surface area (Å²) in [6.45, 7) is 8.28. The summed E-state index contributed by atoms with van der Waals surface area (Å²) in [5, 5.41) is 0. The van der Waals surface area contributed by atoms with Crippen LogP contribution in [-0.2, 0) is 17.8 Å². The lowest BCUT2D eigenvalue weighted by atomic mass is 10.1. The van der Waals surface area contributed by atoms with Crippen LogP contribution in [0.4, 0.5) is 5.69 Å². The van der Waals surface area contributed by atoms with Gasteiger partial charge in [0.15, 0.2) is 11.5 Å². The number of ether oxygens (including phenoxy) is 3. The van der Waals surface area contributed by atoms with Gasteiger partial charge >= 0.3 is 0 Å². The lowest BCUT2D eigenvalue weighted by Crippen LogP contribution is -2.25. The van der Waals surface area contributed by atoms with Crippen LogP contribution >= 0.6 is 0 Å². The molecule has 0 saturated carbocycles. The maximum absolute atomic E-state index is 13.2. The third-order valence-corrected chi connectivity index (χ3v) is 7.27. The van der Waals surface area contributed by atoms with Crippen molar-refractivity contribution in [2.24, 2.45) is 0 Å². The highest BCUT2D eigenvalue weighted by atomic mass is 16.5. The summed E-state index contributed by atoms with van der Waals surface area (Å²) in [6.07, 6.45) is 4.89. The number of hydrogen-bond acceptors (Lipinski definition) is 5. The molecule has 5 rings (SSSR count). The number of para-hydroxylation sites is 4. The molecular formula is C33H37N3O4. The number of amides is 1. The van der Waals surface area contributed by atoms with Gasteiger partial charge in [-0.3, -0.25) is 4.79 Å². The average molecular weight is 540 g/mol. The van der Waals surface area contributed by atoms with Crippen LogP contribution < -0.4 is 19.1 Å². The molecule has 1 aliphatic rings. The molecule has 0 bridgehead atoms. The number of aromatic nitrogens is 2. The number of methoxy groups -OCH3 is 1. The minimum Gasteiger partial charge on any atom is -0.493 e. The van der Waals surface area contributed by atoms with Crippen molar-refractivity contribution in [1.29, 1.82) is 0 Å². The molecule has 1 saturated heterocycles. The number of allylic oxidation sites excluding steroid dienone is 1. The number of carbonyl (C=O) groups excluding carboxylic acids is 1. The van der Waals surface area contributed by atoms with E-state index in [4.69, 9.17) is 19.2 Å². The number of nitrogens with zero attached hydrogens (tertiary/aromatic N) is 3. The van der Waals surface area contributed by atoms with Gasteiger partial charge in [-0.05, 0) is 68.1 Å². The monoisotopic (exact) mass is 539 g/mol. The number of hydrogen-bond donors (Lipinski definition) is 0. The van der Waals surface area contributed by atoms with Gasteiger partial charge < -0.3 is 23.7 Å². The number of benzene rings is 3. The van der Waals surface area contributed by atoms with E-state index in [2.05, 4.69) is 17.2 Å². The average Bonchev–Trinajstić information content (AvgIpc) is 3.54. The number of anilines is 1. The van der Waals surface area contributed by atoms with Gasteiger partial charge in [0, 0.05) is 25.4 Å². The van der Waals surface area contributed by atoms with E-state index >= 15 is 0 Å². The van der Waals surface area contributed by atoms with Gasteiger partial charge in [-0.2, -0.15) is 0 Å². The predicted octanol–water partition coefficient (Wildman–Crippen LogP) is 6.55. The van der Waals surface area contributed by atoms with Crippen molar-refractivity contribution in [3.8, 4) is 17.2 Å². The fraction of sp³-hybridized carbons (Fsp3) is 0.333. The summed E-state index contributed by atoms with van der Waals surface area (Å²) in [7, 11) is 1.66. The Balaban J connectivity index is 1.27. The molecule has 7 heteroatoms. The summed E-state index contributed by atoms with van der Waals surface area (Å²) in [4.78, 5) is 20.0. The molecule has 1 atom stereocenters. The Kier molecular flexibility index (Phi) is 8.69. The zero-order chi connectivity index (χ0) is 27.9. The highest BCUT2D eigenvalue weighted by Crippen LogP contribution is 2.37. The number of fused-ring (bicyclic) bond motifs is 1. The molecule has 0 radical (unpaired) electrons. The molecule has 1 amide bonds. The van der Waals surface area contributed by atoms with Crippen molar-refractivity contribution in [3.63, 3.8) is 0 Å². The summed E-state index contributed by atoms with van der Waals surface area (Å²) in [5.41, 5.74) is 4.02. The molecule has 2 heterocycles. The van der Waals surface area contributed by atoms with Gasteiger partial charge in [0.1, 0.15) is 11.6 Å². The van der Waals surface area contributed by atoms with Crippen molar-refractivity contribution >= 4 is 22.6 Å². The lowest BCUT2D eigenvalue weighted by molar-refractivity contribution is -0.117. The van der Waals surface area contributed by atoms with Gasteiger partial charge in [0.2, 0.25) is 5.91 Å². The van der Waals surface area contributed by atoms with Crippen molar-refractivity contribution < 1.29 is 19.0 Å². The molecule has 0 N–H and O–H groups in total. The van der Waals surface area contributed by atoms with Crippen LogP contribution in [0.25, 0.3) is 11.0 Å². The Bertz CT molecular complexity index is 1480. The topological polar surface area (TPSA) is 65.8 Å². The molecule has 1 fully saturated rings. The van der Waals surface area contributed by atoms with Crippen LogP contribution in [0.3, 0.4) is 0 Å². The Morgan fingerprint density at radius 2 is 1.82 bits per heavy atom. The number of imidazole rings is 1. The second kappa shape index (κ2) is 12.7. The molecule has 1 unspecified atom stereocenters. The van der Waals surface area contributed by atoms with E-state index < -0.39 is 0 Å². The molecule has 7 nitrogen and oxygen atoms in total. The second-order valence-corrected chi connectivity index (χ2v) is 9.95. The molecule has 208 valence electrons. The Hall–Kier alpha value is -4.26.